The number of hydrogen-bond acceptors (Lipinski definition) is 4. The van der Waals surface area contributed by atoms with Gasteiger partial charge in [-0.3, -0.25) is 0 Å². The van der Waals surface area contributed by atoms with Crippen molar-refractivity contribution in [1.29, 1.82) is 0 Å². The van der Waals surface area contributed by atoms with Crippen molar-refractivity contribution < 1.29 is 14.3 Å². The molecule has 0 aliphatic heterocycles. The lowest BCUT2D eigenvalue weighted by atomic mass is 10.2. The van der Waals surface area contributed by atoms with Gasteiger partial charge >= 0.3 is 5.43 Å². The molecule has 0 amide bonds. The topological polar surface area (TPSA) is 48.4 Å². The third-order valence-electron chi connectivity index (χ3n) is 2.06. The highest BCUT2D eigenvalue weighted by atomic mass is 35.5. The van der Waals surface area contributed by atoms with E-state index in [9.17, 15) is 4.79 Å². The molecule has 0 aliphatic carbocycles. The Morgan fingerprint density at radius 1 is 1.38 bits per heavy atom. The van der Waals surface area contributed by atoms with Crippen LogP contribution < -0.4 is 9.47 Å². The Balaban J connectivity index is 2.58. The molecule has 0 bridgehead atoms. The number of benzene rings is 1. The lowest BCUT2D eigenvalue weighted by Gasteiger charge is -2.06. The van der Waals surface area contributed by atoms with E-state index in [0.717, 1.165) is 5.39 Å². The fourth-order valence-electron chi connectivity index (χ4n) is 1.42. The van der Waals surface area contributed by atoms with E-state index >= 15 is 0 Å². The largest absolute Gasteiger partial charge is 0.496 e. The molecule has 0 N–H and O–H groups in total. The number of para-hydroxylation sites is 1. The first kappa shape index (κ1) is 10.7. The molecular formula is C11H8ClNO3. The minimum absolute atomic E-state index is 0.121. The molecule has 0 fully saturated rings. The van der Waals surface area contributed by atoms with Crippen LogP contribution in [0.2, 0.25) is 0 Å². The first-order valence-corrected chi connectivity index (χ1v) is 4.89. The van der Waals surface area contributed by atoms with Crippen molar-refractivity contribution >= 4 is 27.9 Å². The van der Waals surface area contributed by atoms with Crippen LogP contribution in [0.4, 0.5) is 4.79 Å². The van der Waals surface area contributed by atoms with Crippen LogP contribution in [0, 0.1) is 0 Å². The fourth-order valence-corrected chi connectivity index (χ4v) is 1.50. The molecule has 16 heavy (non-hydrogen) atoms. The molecule has 82 valence electrons. The fraction of sp³-hybridized carbons (Fsp3) is 0.0909. The Labute approximate surface area is 96.8 Å². The van der Waals surface area contributed by atoms with Gasteiger partial charge in [-0.25, -0.2) is 9.78 Å². The smallest absolute Gasteiger partial charge is 0.410 e. The summed E-state index contributed by atoms with van der Waals surface area (Å²) in [5.41, 5.74) is -0.250. The molecule has 1 heterocycles. The summed E-state index contributed by atoms with van der Waals surface area (Å²) in [7, 11) is 1.54. The molecule has 1 aromatic heterocycles. The molecule has 0 aliphatic rings. The van der Waals surface area contributed by atoms with Crippen molar-refractivity contribution in [2.75, 3.05) is 7.11 Å². The number of carbonyl (C=O) groups is 1. The second-order valence-electron chi connectivity index (χ2n) is 3.02. The summed E-state index contributed by atoms with van der Waals surface area (Å²) < 4.78 is 9.88. The number of rotatable bonds is 2. The van der Waals surface area contributed by atoms with Crippen LogP contribution in [0.3, 0.4) is 0 Å². The predicted octanol–water partition coefficient (Wildman–Crippen LogP) is 2.98. The van der Waals surface area contributed by atoms with E-state index in [2.05, 4.69) is 4.98 Å². The van der Waals surface area contributed by atoms with Gasteiger partial charge < -0.3 is 9.47 Å². The highest BCUT2D eigenvalue weighted by molar-refractivity contribution is 6.61. The number of aromatic nitrogens is 1. The number of fused-ring (bicyclic) bond motifs is 1. The van der Waals surface area contributed by atoms with Crippen LogP contribution >= 0.6 is 11.6 Å². The Morgan fingerprint density at radius 3 is 2.81 bits per heavy atom. The first-order valence-electron chi connectivity index (χ1n) is 4.52. The Bertz CT molecular complexity index is 542. The van der Waals surface area contributed by atoms with Gasteiger partial charge in [0, 0.05) is 23.1 Å². The molecule has 4 nitrogen and oxygen atoms in total. The molecule has 2 aromatic rings. The molecular weight excluding hydrogens is 230 g/mol. The van der Waals surface area contributed by atoms with Gasteiger partial charge in [-0.15, -0.1) is 0 Å². The van der Waals surface area contributed by atoms with E-state index in [1.807, 2.05) is 18.2 Å². The Kier molecular flexibility index (Phi) is 2.92. The average Bonchev–Trinajstić information content (AvgIpc) is 2.27. The molecule has 5 heteroatoms. The lowest BCUT2D eigenvalue weighted by Crippen LogP contribution is -1.99. The number of nitrogens with zero attached hydrogens (tertiary/aromatic N) is 1. The summed E-state index contributed by atoms with van der Waals surface area (Å²) in [5.74, 6) is 0.703. The molecule has 0 unspecified atom stereocenters. The second-order valence-corrected chi connectivity index (χ2v) is 3.33. The van der Waals surface area contributed by atoms with Gasteiger partial charge in [0.25, 0.3) is 0 Å². The van der Waals surface area contributed by atoms with Crippen molar-refractivity contribution in [2.24, 2.45) is 0 Å². The van der Waals surface area contributed by atoms with E-state index in [-0.39, 0.29) is 5.88 Å². The standard InChI is InChI=1S/C11H8ClNO3/c1-15-9-6-10(16-11(12)14)13-8-5-3-2-4-7(8)9/h2-6H,1H3. The number of pyridine rings is 1. The first-order chi connectivity index (χ1) is 7.70. The number of hydrogen-bond donors (Lipinski definition) is 0. The second kappa shape index (κ2) is 4.37. The minimum atomic E-state index is -0.926. The number of carbonyl (C=O) groups excluding carboxylic acids is 1. The molecule has 0 radical (unpaired) electrons. The molecule has 1 aromatic carbocycles. The quantitative estimate of drug-likeness (QED) is 0.754. The van der Waals surface area contributed by atoms with Gasteiger partial charge in [-0.2, -0.15) is 0 Å². The predicted molar refractivity (Wildman–Crippen MR) is 60.2 cm³/mol. The summed E-state index contributed by atoms with van der Waals surface area (Å²) in [6.45, 7) is 0. The van der Waals surface area contributed by atoms with Crippen molar-refractivity contribution in [3.63, 3.8) is 0 Å². The molecule has 0 saturated heterocycles. The van der Waals surface area contributed by atoms with Gasteiger partial charge in [0.1, 0.15) is 5.75 Å². The Morgan fingerprint density at radius 2 is 2.12 bits per heavy atom. The van der Waals surface area contributed by atoms with Crippen molar-refractivity contribution in [2.45, 2.75) is 0 Å². The highest BCUT2D eigenvalue weighted by Crippen LogP contribution is 2.28. The van der Waals surface area contributed by atoms with E-state index in [4.69, 9.17) is 21.1 Å². The van der Waals surface area contributed by atoms with Gasteiger partial charge in [0.2, 0.25) is 5.88 Å². The number of ether oxygens (including phenoxy) is 2. The monoisotopic (exact) mass is 237 g/mol. The SMILES string of the molecule is COc1cc(OC(=O)Cl)nc2ccccc12. The van der Waals surface area contributed by atoms with Crippen LogP contribution in [-0.4, -0.2) is 17.5 Å². The normalized spacial score (nSPS) is 10.1. The maximum atomic E-state index is 10.6. The summed E-state index contributed by atoms with van der Waals surface area (Å²) in [6.07, 6.45) is 0. The summed E-state index contributed by atoms with van der Waals surface area (Å²) in [4.78, 5) is 14.7. The molecule has 0 spiro atoms. The maximum Gasteiger partial charge on any atom is 0.410 e. The average molecular weight is 238 g/mol. The summed E-state index contributed by atoms with van der Waals surface area (Å²) >= 11 is 5.12. The summed E-state index contributed by atoms with van der Waals surface area (Å²) in [5, 5.41) is 0.847. The van der Waals surface area contributed by atoms with Crippen LogP contribution in [0.1, 0.15) is 0 Å². The van der Waals surface area contributed by atoms with Gasteiger partial charge in [0.05, 0.1) is 12.6 Å². The van der Waals surface area contributed by atoms with Crippen LogP contribution in [0.25, 0.3) is 10.9 Å². The minimum Gasteiger partial charge on any atom is -0.496 e. The van der Waals surface area contributed by atoms with E-state index in [1.54, 1.807) is 6.07 Å². The zero-order valence-electron chi connectivity index (χ0n) is 8.44. The lowest BCUT2D eigenvalue weighted by molar-refractivity contribution is 0.224. The third kappa shape index (κ3) is 2.06. The van der Waals surface area contributed by atoms with Crippen molar-refractivity contribution in [1.82, 2.24) is 4.98 Å². The van der Waals surface area contributed by atoms with Crippen molar-refractivity contribution in [3.05, 3.63) is 30.3 Å². The molecule has 0 saturated carbocycles. The third-order valence-corrected chi connectivity index (χ3v) is 2.14. The zero-order chi connectivity index (χ0) is 11.5. The summed E-state index contributed by atoms with van der Waals surface area (Å²) in [6, 6.07) is 8.89. The van der Waals surface area contributed by atoms with E-state index < -0.39 is 5.43 Å². The molecule has 0 atom stereocenters. The highest BCUT2D eigenvalue weighted by Gasteiger charge is 2.08. The van der Waals surface area contributed by atoms with Crippen LogP contribution in [0.15, 0.2) is 30.3 Å². The Hall–Kier alpha value is -1.81. The van der Waals surface area contributed by atoms with Gasteiger partial charge in [-0.1, -0.05) is 12.1 Å². The van der Waals surface area contributed by atoms with Crippen molar-refractivity contribution in [3.8, 4) is 11.6 Å². The van der Waals surface area contributed by atoms with Crippen LogP contribution in [-0.2, 0) is 0 Å². The maximum absolute atomic E-state index is 10.6. The van der Waals surface area contributed by atoms with E-state index in [1.165, 1.54) is 13.2 Å². The zero-order valence-corrected chi connectivity index (χ0v) is 9.19. The van der Waals surface area contributed by atoms with Gasteiger partial charge in [-0.05, 0) is 12.1 Å². The van der Waals surface area contributed by atoms with Gasteiger partial charge in [0.15, 0.2) is 0 Å². The molecule has 2 rings (SSSR count). The number of methoxy groups -OCH3 is 1. The van der Waals surface area contributed by atoms with Crippen LogP contribution in [0.5, 0.6) is 11.6 Å². The van der Waals surface area contributed by atoms with E-state index in [0.29, 0.717) is 11.3 Å². The number of halogens is 1.